The second-order valence-corrected chi connectivity index (χ2v) is 6.19. The first-order valence-corrected chi connectivity index (χ1v) is 8.58. The van der Waals surface area contributed by atoms with Gasteiger partial charge in [-0.3, -0.25) is 15.1 Å². The summed E-state index contributed by atoms with van der Waals surface area (Å²) in [7, 11) is 0. The zero-order chi connectivity index (χ0) is 18.6. The average Bonchev–Trinajstić information content (AvgIpc) is 3.37. The lowest BCUT2D eigenvalue weighted by molar-refractivity contribution is -0.384. The van der Waals surface area contributed by atoms with Gasteiger partial charge in [0.1, 0.15) is 11.8 Å². The molecular weight excluding hydrogens is 342 g/mol. The fourth-order valence-corrected chi connectivity index (χ4v) is 3.05. The van der Waals surface area contributed by atoms with Crippen LogP contribution in [0.5, 0.6) is 0 Å². The Labute approximate surface area is 156 Å². The number of hydrogen-bond donors (Lipinski definition) is 0. The third kappa shape index (κ3) is 3.64. The molecule has 0 unspecified atom stereocenters. The topological polar surface area (TPSA) is 71.9 Å². The molecule has 0 spiro atoms. The first-order valence-electron chi connectivity index (χ1n) is 8.58. The van der Waals surface area contributed by atoms with Crippen LogP contribution in [0.25, 0.3) is 6.08 Å². The number of non-ortho nitro benzene ring substituents is 1. The Morgan fingerprint density at radius 1 is 1.04 bits per heavy atom. The standard InChI is InChI=1S/C21H17N3O3/c25-24(26)19-12-9-16(10-13-19)8-11-17-15-20(21-7-4-14-27-21)23(22-17)18-5-2-1-3-6-18/h1-14,20H,15H2/b11-8+/t20-/m0/s1. The van der Waals surface area contributed by atoms with E-state index in [1.54, 1.807) is 18.4 Å². The van der Waals surface area contributed by atoms with Crippen LogP contribution in [0, 0.1) is 10.1 Å². The van der Waals surface area contributed by atoms with Crippen molar-refractivity contribution in [3.8, 4) is 0 Å². The van der Waals surface area contributed by atoms with E-state index in [4.69, 9.17) is 9.52 Å². The molecule has 1 aliphatic heterocycles. The van der Waals surface area contributed by atoms with Crippen molar-refractivity contribution in [2.45, 2.75) is 12.5 Å². The predicted molar refractivity (Wildman–Crippen MR) is 105 cm³/mol. The second-order valence-electron chi connectivity index (χ2n) is 6.19. The van der Waals surface area contributed by atoms with Crippen molar-refractivity contribution in [1.29, 1.82) is 0 Å². The molecule has 1 aliphatic rings. The third-order valence-electron chi connectivity index (χ3n) is 4.40. The Hall–Kier alpha value is -3.67. The van der Waals surface area contributed by atoms with Crippen LogP contribution >= 0.6 is 0 Å². The quantitative estimate of drug-likeness (QED) is 0.463. The molecule has 6 heteroatoms. The number of para-hydroxylation sites is 1. The molecule has 6 nitrogen and oxygen atoms in total. The SMILES string of the molecule is O=[N+]([O-])c1ccc(/C=C/C2=NN(c3ccccc3)[C@H](c3ccco3)C2)cc1. The zero-order valence-corrected chi connectivity index (χ0v) is 14.4. The maximum Gasteiger partial charge on any atom is 0.269 e. The minimum Gasteiger partial charge on any atom is -0.467 e. The molecule has 0 aliphatic carbocycles. The molecule has 4 rings (SSSR count). The van der Waals surface area contributed by atoms with Crippen molar-refractivity contribution < 1.29 is 9.34 Å². The minimum absolute atomic E-state index is 0.00101. The average molecular weight is 359 g/mol. The van der Waals surface area contributed by atoms with E-state index in [9.17, 15) is 10.1 Å². The Bertz CT molecular complexity index is 977. The van der Waals surface area contributed by atoms with Gasteiger partial charge < -0.3 is 4.42 Å². The Morgan fingerprint density at radius 2 is 1.81 bits per heavy atom. The molecule has 2 heterocycles. The zero-order valence-electron chi connectivity index (χ0n) is 14.4. The molecular formula is C21H17N3O3. The smallest absolute Gasteiger partial charge is 0.269 e. The van der Waals surface area contributed by atoms with E-state index in [0.717, 1.165) is 22.7 Å². The number of allylic oxidation sites excluding steroid dienone is 1. The van der Waals surface area contributed by atoms with Crippen molar-refractivity contribution in [3.63, 3.8) is 0 Å². The van der Waals surface area contributed by atoms with Crippen molar-refractivity contribution in [2.75, 3.05) is 5.01 Å². The fourth-order valence-electron chi connectivity index (χ4n) is 3.05. The molecule has 0 bridgehead atoms. The highest BCUT2D eigenvalue weighted by Gasteiger charge is 2.30. The van der Waals surface area contributed by atoms with Crippen LogP contribution in [-0.4, -0.2) is 10.6 Å². The molecule has 0 amide bonds. The maximum absolute atomic E-state index is 10.8. The molecule has 0 fully saturated rings. The summed E-state index contributed by atoms with van der Waals surface area (Å²) in [5, 5.41) is 17.5. The summed E-state index contributed by atoms with van der Waals surface area (Å²) in [5.74, 6) is 0.862. The van der Waals surface area contributed by atoms with Gasteiger partial charge in [-0.05, 0) is 48.0 Å². The molecule has 1 aromatic heterocycles. The van der Waals surface area contributed by atoms with Gasteiger partial charge in [0, 0.05) is 18.6 Å². The van der Waals surface area contributed by atoms with Crippen LogP contribution in [0.3, 0.4) is 0 Å². The number of hydrazone groups is 1. The molecule has 134 valence electrons. The van der Waals surface area contributed by atoms with E-state index in [1.807, 2.05) is 59.6 Å². The van der Waals surface area contributed by atoms with E-state index in [2.05, 4.69) is 0 Å². The normalized spacial score (nSPS) is 16.7. The number of rotatable bonds is 5. The number of anilines is 1. The molecule has 3 aromatic rings. The van der Waals surface area contributed by atoms with Gasteiger partial charge in [0.2, 0.25) is 0 Å². The summed E-state index contributed by atoms with van der Waals surface area (Å²) < 4.78 is 5.61. The summed E-state index contributed by atoms with van der Waals surface area (Å²) >= 11 is 0. The highest BCUT2D eigenvalue weighted by Crippen LogP contribution is 2.35. The summed E-state index contributed by atoms with van der Waals surface area (Å²) in [4.78, 5) is 10.4. The van der Waals surface area contributed by atoms with Gasteiger partial charge in [-0.25, -0.2) is 0 Å². The lowest BCUT2D eigenvalue weighted by Crippen LogP contribution is -2.17. The van der Waals surface area contributed by atoms with Crippen molar-refractivity contribution in [3.05, 3.63) is 101 Å². The summed E-state index contributed by atoms with van der Waals surface area (Å²) in [6.45, 7) is 0. The fraction of sp³-hybridized carbons (Fsp3) is 0.0952. The number of nitrogens with zero attached hydrogens (tertiary/aromatic N) is 3. The second kappa shape index (κ2) is 7.29. The Kier molecular flexibility index (Phi) is 4.53. The molecule has 27 heavy (non-hydrogen) atoms. The van der Waals surface area contributed by atoms with Gasteiger partial charge in [-0.15, -0.1) is 0 Å². The molecule has 0 saturated heterocycles. The van der Waals surface area contributed by atoms with Crippen LogP contribution < -0.4 is 5.01 Å². The van der Waals surface area contributed by atoms with Gasteiger partial charge >= 0.3 is 0 Å². The van der Waals surface area contributed by atoms with E-state index in [-0.39, 0.29) is 11.7 Å². The first-order chi connectivity index (χ1) is 13.2. The maximum atomic E-state index is 10.8. The van der Waals surface area contributed by atoms with Crippen LogP contribution in [0.1, 0.15) is 23.8 Å². The van der Waals surface area contributed by atoms with Crippen molar-refractivity contribution >= 4 is 23.2 Å². The molecule has 0 saturated carbocycles. The van der Waals surface area contributed by atoms with Crippen molar-refractivity contribution in [1.82, 2.24) is 0 Å². The number of nitro benzene ring substituents is 1. The summed E-state index contributed by atoms with van der Waals surface area (Å²) in [6, 6.07) is 20.2. The van der Waals surface area contributed by atoms with Crippen LogP contribution in [0.4, 0.5) is 11.4 Å². The molecule has 1 atom stereocenters. The van der Waals surface area contributed by atoms with E-state index >= 15 is 0 Å². The first kappa shape index (κ1) is 16.8. The van der Waals surface area contributed by atoms with Crippen LogP contribution in [-0.2, 0) is 0 Å². The van der Waals surface area contributed by atoms with E-state index < -0.39 is 4.92 Å². The van der Waals surface area contributed by atoms with Crippen molar-refractivity contribution in [2.24, 2.45) is 5.10 Å². The summed E-state index contributed by atoms with van der Waals surface area (Å²) in [5.41, 5.74) is 2.88. The predicted octanol–water partition coefficient (Wildman–Crippen LogP) is 5.21. The molecule has 0 radical (unpaired) electrons. The van der Waals surface area contributed by atoms with Crippen LogP contribution in [0.2, 0.25) is 0 Å². The lowest BCUT2D eigenvalue weighted by atomic mass is 10.1. The van der Waals surface area contributed by atoms with Gasteiger partial charge in [0.05, 0.1) is 22.6 Å². The summed E-state index contributed by atoms with van der Waals surface area (Å²) in [6.07, 6.45) is 6.24. The molecule has 0 N–H and O–H groups in total. The van der Waals surface area contributed by atoms with Gasteiger partial charge in [0.25, 0.3) is 5.69 Å². The van der Waals surface area contributed by atoms with Gasteiger partial charge in [-0.1, -0.05) is 24.3 Å². The van der Waals surface area contributed by atoms with E-state index in [0.29, 0.717) is 6.42 Å². The Balaban J connectivity index is 1.58. The number of hydrogen-bond acceptors (Lipinski definition) is 5. The molecule has 2 aromatic carbocycles. The van der Waals surface area contributed by atoms with E-state index in [1.165, 1.54) is 12.1 Å². The third-order valence-corrected chi connectivity index (χ3v) is 4.40. The highest BCUT2D eigenvalue weighted by atomic mass is 16.6. The number of nitro groups is 1. The largest absolute Gasteiger partial charge is 0.467 e. The number of benzene rings is 2. The highest BCUT2D eigenvalue weighted by molar-refractivity contribution is 6.01. The van der Waals surface area contributed by atoms with Crippen LogP contribution in [0.15, 0.2) is 88.6 Å². The number of furan rings is 1. The van der Waals surface area contributed by atoms with Gasteiger partial charge in [0.15, 0.2) is 0 Å². The lowest BCUT2D eigenvalue weighted by Gasteiger charge is -2.21. The Morgan fingerprint density at radius 3 is 2.48 bits per heavy atom. The van der Waals surface area contributed by atoms with Gasteiger partial charge in [-0.2, -0.15) is 5.10 Å². The minimum atomic E-state index is -0.403. The monoisotopic (exact) mass is 359 g/mol.